The molecule has 2 heterocycles. The predicted octanol–water partition coefficient (Wildman–Crippen LogP) is 5.59. The molecule has 9 heteroatoms. The van der Waals surface area contributed by atoms with E-state index in [0.717, 1.165) is 43.3 Å². The highest BCUT2D eigenvalue weighted by molar-refractivity contribution is 7.71. The van der Waals surface area contributed by atoms with Crippen molar-refractivity contribution in [2.45, 2.75) is 31.9 Å². The summed E-state index contributed by atoms with van der Waals surface area (Å²) in [6.45, 7) is 2.04. The van der Waals surface area contributed by atoms with Crippen molar-refractivity contribution in [2.75, 3.05) is 30.3 Å². The number of aromatic nitrogens is 2. The van der Waals surface area contributed by atoms with Crippen LogP contribution in [0.1, 0.15) is 30.4 Å². The second-order valence-electron chi connectivity index (χ2n) is 7.77. The summed E-state index contributed by atoms with van der Waals surface area (Å²) >= 11 is 5.21. The molecule has 3 aromatic rings. The summed E-state index contributed by atoms with van der Waals surface area (Å²) in [7, 11) is 0. The number of aryl methyl sites for hydroxylation is 1. The lowest BCUT2D eigenvalue weighted by Gasteiger charge is -2.23. The first-order chi connectivity index (χ1) is 15.8. The van der Waals surface area contributed by atoms with Gasteiger partial charge in [0.2, 0.25) is 0 Å². The molecule has 0 bridgehead atoms. The summed E-state index contributed by atoms with van der Waals surface area (Å²) in [5, 5.41) is 0. The molecule has 0 spiro atoms. The molecule has 1 aromatic carbocycles. The Morgan fingerprint density at radius 2 is 1.73 bits per heavy atom. The number of benzene rings is 1. The Morgan fingerprint density at radius 3 is 2.45 bits per heavy atom. The first kappa shape index (κ1) is 24.7. The van der Waals surface area contributed by atoms with E-state index in [9.17, 15) is 13.2 Å². The highest BCUT2D eigenvalue weighted by atomic mass is 32.1. The Hall–Kier alpha value is -2.91. The zero-order chi connectivity index (χ0) is 23.8. The Bertz CT molecular complexity index is 1110. The standard InChI is InChI=1S/C24H28F3N5S/c25-24(26,27)19-12-13-20(29)30-23(19)18-9-4-3-8-17(18)7-2-1-5-15-32(16-14-28)21-10-6-11-22(33)31-21/h3-4,6,8-13H,1-2,5,7,14-16,28H2,(H2,29,30)(H,31,33). The lowest BCUT2D eigenvalue weighted by atomic mass is 9.96. The van der Waals surface area contributed by atoms with Gasteiger partial charge in [-0.1, -0.05) is 49.0 Å². The number of aromatic amines is 1. The lowest BCUT2D eigenvalue weighted by Crippen LogP contribution is -2.31. The number of H-pyrrole nitrogens is 1. The number of pyridine rings is 2. The molecule has 0 amide bonds. The molecule has 5 nitrogen and oxygen atoms in total. The second-order valence-corrected chi connectivity index (χ2v) is 8.21. The van der Waals surface area contributed by atoms with Crippen LogP contribution in [-0.2, 0) is 12.6 Å². The van der Waals surface area contributed by atoms with Crippen molar-refractivity contribution < 1.29 is 13.2 Å². The molecule has 0 fully saturated rings. The summed E-state index contributed by atoms with van der Waals surface area (Å²) in [4.78, 5) is 9.37. The zero-order valence-corrected chi connectivity index (χ0v) is 19.1. The third kappa shape index (κ3) is 6.79. The van der Waals surface area contributed by atoms with Crippen LogP contribution in [0.5, 0.6) is 0 Å². The van der Waals surface area contributed by atoms with Crippen molar-refractivity contribution in [1.82, 2.24) is 9.97 Å². The van der Waals surface area contributed by atoms with Gasteiger partial charge in [-0.05, 0) is 49.1 Å². The second kappa shape index (κ2) is 11.3. The number of alkyl halides is 3. The van der Waals surface area contributed by atoms with Gasteiger partial charge in [0.15, 0.2) is 0 Å². The van der Waals surface area contributed by atoms with Crippen LogP contribution < -0.4 is 16.4 Å². The van der Waals surface area contributed by atoms with Crippen molar-refractivity contribution in [2.24, 2.45) is 5.73 Å². The molecule has 5 N–H and O–H groups in total. The molecule has 0 unspecified atom stereocenters. The third-order valence-electron chi connectivity index (χ3n) is 5.36. The average molecular weight is 476 g/mol. The quantitative estimate of drug-likeness (QED) is 0.263. The SMILES string of the molecule is NCCN(CCCCCc1ccccc1-c1nc(N)ccc1C(F)(F)F)c1cccc(=S)[nH]1. The van der Waals surface area contributed by atoms with Gasteiger partial charge in [-0.2, -0.15) is 13.2 Å². The highest BCUT2D eigenvalue weighted by Gasteiger charge is 2.35. The largest absolute Gasteiger partial charge is 0.418 e. The van der Waals surface area contributed by atoms with Crippen LogP contribution in [0.2, 0.25) is 0 Å². The third-order valence-corrected chi connectivity index (χ3v) is 5.60. The average Bonchev–Trinajstić information content (AvgIpc) is 2.77. The van der Waals surface area contributed by atoms with Crippen LogP contribution in [0.25, 0.3) is 11.3 Å². The summed E-state index contributed by atoms with van der Waals surface area (Å²) in [6.07, 6.45) is -1.19. The van der Waals surface area contributed by atoms with Crippen molar-refractivity contribution in [1.29, 1.82) is 0 Å². The van der Waals surface area contributed by atoms with Crippen molar-refractivity contribution >= 4 is 23.9 Å². The Labute approximate surface area is 196 Å². The lowest BCUT2D eigenvalue weighted by molar-refractivity contribution is -0.137. The summed E-state index contributed by atoms with van der Waals surface area (Å²) in [5.41, 5.74) is 11.9. The number of hydrogen-bond acceptors (Lipinski definition) is 5. The van der Waals surface area contributed by atoms with E-state index in [1.165, 1.54) is 6.07 Å². The number of anilines is 2. The number of nitrogens with one attached hydrogen (secondary N) is 1. The molecule has 0 aliphatic heterocycles. The van der Waals surface area contributed by atoms with Gasteiger partial charge in [0.05, 0.1) is 11.3 Å². The van der Waals surface area contributed by atoms with E-state index in [0.29, 0.717) is 29.7 Å². The van der Waals surface area contributed by atoms with E-state index in [4.69, 9.17) is 23.7 Å². The Morgan fingerprint density at radius 1 is 0.939 bits per heavy atom. The Kier molecular flexibility index (Phi) is 8.46. The summed E-state index contributed by atoms with van der Waals surface area (Å²) < 4.78 is 41.3. The van der Waals surface area contributed by atoms with Crippen LogP contribution >= 0.6 is 12.2 Å². The fourth-order valence-corrected chi connectivity index (χ4v) is 3.98. The number of halogens is 3. The van der Waals surface area contributed by atoms with Gasteiger partial charge in [-0.15, -0.1) is 0 Å². The minimum Gasteiger partial charge on any atom is -0.384 e. The van der Waals surface area contributed by atoms with Crippen LogP contribution in [-0.4, -0.2) is 29.6 Å². The van der Waals surface area contributed by atoms with Gasteiger partial charge in [-0.25, -0.2) is 4.98 Å². The maximum Gasteiger partial charge on any atom is 0.418 e. The number of nitrogen functional groups attached to an aromatic ring is 1. The fraction of sp³-hybridized carbons (Fsp3) is 0.333. The molecular weight excluding hydrogens is 447 g/mol. The van der Waals surface area contributed by atoms with Gasteiger partial charge in [0.1, 0.15) is 16.3 Å². The molecule has 33 heavy (non-hydrogen) atoms. The molecule has 0 atom stereocenters. The number of hydrogen-bond donors (Lipinski definition) is 3. The van der Waals surface area contributed by atoms with E-state index < -0.39 is 11.7 Å². The first-order valence-corrected chi connectivity index (χ1v) is 11.3. The predicted molar refractivity (Wildman–Crippen MR) is 130 cm³/mol. The molecule has 176 valence electrons. The maximum atomic E-state index is 13.5. The normalized spacial score (nSPS) is 11.5. The van der Waals surface area contributed by atoms with Crippen LogP contribution in [0.3, 0.4) is 0 Å². The minimum atomic E-state index is -4.51. The van der Waals surface area contributed by atoms with Gasteiger partial charge in [0.25, 0.3) is 0 Å². The van der Waals surface area contributed by atoms with E-state index >= 15 is 0 Å². The maximum absolute atomic E-state index is 13.5. The molecule has 0 aliphatic rings. The van der Waals surface area contributed by atoms with Crippen LogP contribution in [0, 0.1) is 4.64 Å². The summed E-state index contributed by atoms with van der Waals surface area (Å²) in [5.74, 6) is 0.999. The van der Waals surface area contributed by atoms with Gasteiger partial charge >= 0.3 is 6.18 Å². The van der Waals surface area contributed by atoms with Crippen LogP contribution in [0.4, 0.5) is 24.8 Å². The topological polar surface area (TPSA) is 84.0 Å². The smallest absolute Gasteiger partial charge is 0.384 e. The molecule has 3 rings (SSSR count). The van der Waals surface area contributed by atoms with E-state index in [1.807, 2.05) is 30.3 Å². The van der Waals surface area contributed by atoms with E-state index in [-0.39, 0.29) is 11.5 Å². The van der Waals surface area contributed by atoms with Crippen molar-refractivity contribution in [3.63, 3.8) is 0 Å². The molecule has 0 aliphatic carbocycles. The fourth-order valence-electron chi connectivity index (χ4n) is 3.80. The van der Waals surface area contributed by atoms with Crippen LogP contribution in [0.15, 0.2) is 54.6 Å². The molecule has 0 radical (unpaired) electrons. The van der Waals surface area contributed by atoms with E-state index in [1.54, 1.807) is 12.1 Å². The first-order valence-electron chi connectivity index (χ1n) is 10.9. The van der Waals surface area contributed by atoms with Crippen molar-refractivity contribution in [3.8, 4) is 11.3 Å². The van der Waals surface area contributed by atoms with Gasteiger partial charge < -0.3 is 21.4 Å². The number of rotatable bonds is 10. The highest BCUT2D eigenvalue weighted by Crippen LogP contribution is 2.37. The molecular formula is C24H28F3N5S. The Balaban J connectivity index is 1.66. The van der Waals surface area contributed by atoms with Gasteiger partial charge in [-0.3, -0.25) is 0 Å². The summed E-state index contributed by atoms with van der Waals surface area (Å²) in [6, 6.07) is 15.0. The number of nitrogens with zero attached hydrogens (tertiary/aromatic N) is 2. The number of unbranched alkanes of at least 4 members (excludes halogenated alkanes) is 2. The monoisotopic (exact) mass is 475 g/mol. The molecule has 0 saturated carbocycles. The minimum absolute atomic E-state index is 0.0627. The molecule has 0 saturated heterocycles. The molecule has 2 aromatic heterocycles. The van der Waals surface area contributed by atoms with Gasteiger partial charge in [0, 0.05) is 25.2 Å². The van der Waals surface area contributed by atoms with E-state index in [2.05, 4.69) is 14.9 Å². The number of nitrogens with two attached hydrogens (primary N) is 2. The zero-order valence-electron chi connectivity index (χ0n) is 18.2. The van der Waals surface area contributed by atoms with Crippen molar-refractivity contribution in [3.05, 3.63) is 70.4 Å².